The summed E-state index contributed by atoms with van der Waals surface area (Å²) in [6, 6.07) is 10.1. The molecule has 0 saturated carbocycles. The molecule has 1 unspecified atom stereocenters. The second-order valence-corrected chi connectivity index (χ2v) is 6.85. The molecular formula is C20H21F3N2O4. The van der Waals surface area contributed by atoms with Crippen molar-refractivity contribution in [3.8, 4) is 0 Å². The summed E-state index contributed by atoms with van der Waals surface area (Å²) < 4.78 is 43.9. The van der Waals surface area contributed by atoms with Crippen LogP contribution in [0.1, 0.15) is 35.6 Å². The minimum atomic E-state index is -4.50. The summed E-state index contributed by atoms with van der Waals surface area (Å²) >= 11 is 0. The fourth-order valence-electron chi connectivity index (χ4n) is 3.87. The van der Waals surface area contributed by atoms with Gasteiger partial charge in [0.1, 0.15) is 6.04 Å². The van der Waals surface area contributed by atoms with Crippen LogP contribution in [0.15, 0.2) is 54.6 Å². The van der Waals surface area contributed by atoms with Crippen LogP contribution < -0.4 is 5.32 Å². The van der Waals surface area contributed by atoms with E-state index < -0.39 is 47.0 Å². The highest BCUT2D eigenvalue weighted by atomic mass is 19.4. The lowest BCUT2D eigenvalue weighted by atomic mass is 9.85. The number of halogens is 3. The van der Waals surface area contributed by atoms with Crippen molar-refractivity contribution in [2.45, 2.75) is 43.4 Å². The van der Waals surface area contributed by atoms with Crippen LogP contribution in [-0.2, 0) is 10.9 Å². The van der Waals surface area contributed by atoms with Crippen molar-refractivity contribution >= 4 is 0 Å². The third-order valence-electron chi connectivity index (χ3n) is 5.14. The Morgan fingerprint density at radius 3 is 2.28 bits per heavy atom. The van der Waals surface area contributed by atoms with E-state index in [0.29, 0.717) is 11.1 Å². The van der Waals surface area contributed by atoms with E-state index in [0.717, 1.165) is 12.1 Å². The zero-order valence-corrected chi connectivity index (χ0v) is 15.5. The molecule has 2 aromatic carbocycles. The van der Waals surface area contributed by atoms with E-state index in [1.807, 2.05) is 0 Å². The minimum absolute atomic E-state index is 0.203. The van der Waals surface area contributed by atoms with Gasteiger partial charge < -0.3 is 9.84 Å². The largest absolute Gasteiger partial charge is 0.416 e. The zero-order valence-electron chi connectivity index (χ0n) is 15.5. The second kappa shape index (κ2) is 8.48. The number of aliphatic hydroxyl groups is 1. The first-order valence-electron chi connectivity index (χ1n) is 9.15. The van der Waals surface area contributed by atoms with Gasteiger partial charge in [0.2, 0.25) is 6.04 Å². The van der Waals surface area contributed by atoms with Crippen molar-refractivity contribution in [3.63, 3.8) is 0 Å². The molecule has 2 aromatic rings. The van der Waals surface area contributed by atoms with E-state index in [4.69, 9.17) is 4.74 Å². The number of nitro groups is 1. The fraction of sp³-hybridized carbons (Fsp3) is 0.400. The lowest BCUT2D eigenvalue weighted by Gasteiger charge is -2.24. The Kier molecular flexibility index (Phi) is 6.21. The van der Waals surface area contributed by atoms with Crippen molar-refractivity contribution in [1.29, 1.82) is 0 Å². The minimum Gasteiger partial charge on any atom is -0.367 e. The van der Waals surface area contributed by atoms with Gasteiger partial charge in [-0.2, -0.15) is 13.2 Å². The SMILES string of the molecule is CCOC(O)[C@@H]1N[C@H](c2ccc(C(F)(F)F)cc2)[C@H]([N+](=O)[O-])[C@H]1c1ccccc1. The highest BCUT2D eigenvalue weighted by molar-refractivity contribution is 5.33. The van der Waals surface area contributed by atoms with E-state index in [9.17, 15) is 28.4 Å². The third-order valence-corrected chi connectivity index (χ3v) is 5.14. The van der Waals surface area contributed by atoms with Gasteiger partial charge in [-0.3, -0.25) is 15.4 Å². The van der Waals surface area contributed by atoms with Crippen molar-refractivity contribution in [2.75, 3.05) is 6.61 Å². The number of nitrogens with zero attached hydrogens (tertiary/aromatic N) is 1. The lowest BCUT2D eigenvalue weighted by Crippen LogP contribution is -2.41. The molecular weight excluding hydrogens is 389 g/mol. The molecule has 156 valence electrons. The topological polar surface area (TPSA) is 84.6 Å². The Balaban J connectivity index is 2.02. The third kappa shape index (κ3) is 4.42. The summed E-state index contributed by atoms with van der Waals surface area (Å²) in [4.78, 5) is 11.5. The molecule has 0 amide bonds. The van der Waals surface area contributed by atoms with E-state index in [1.165, 1.54) is 12.1 Å². The Morgan fingerprint density at radius 2 is 1.76 bits per heavy atom. The molecule has 3 rings (SSSR count). The van der Waals surface area contributed by atoms with Crippen LogP contribution in [-0.4, -0.2) is 35.0 Å². The first kappa shape index (κ1) is 21.2. The normalized spacial score (nSPS) is 25.7. The van der Waals surface area contributed by atoms with Crippen LogP contribution >= 0.6 is 0 Å². The maximum absolute atomic E-state index is 12.9. The summed E-state index contributed by atoms with van der Waals surface area (Å²) in [5, 5.41) is 25.5. The Bertz CT molecular complexity index is 830. The number of alkyl halides is 3. The van der Waals surface area contributed by atoms with Crippen LogP contribution in [0.4, 0.5) is 13.2 Å². The van der Waals surface area contributed by atoms with Gasteiger partial charge in [0.25, 0.3) is 0 Å². The van der Waals surface area contributed by atoms with Gasteiger partial charge >= 0.3 is 6.18 Å². The number of nitrogens with one attached hydrogen (secondary N) is 1. The zero-order chi connectivity index (χ0) is 21.2. The highest BCUT2D eigenvalue weighted by Gasteiger charge is 2.54. The van der Waals surface area contributed by atoms with E-state index >= 15 is 0 Å². The van der Waals surface area contributed by atoms with Crippen molar-refractivity contribution in [2.24, 2.45) is 0 Å². The molecule has 1 saturated heterocycles. The summed E-state index contributed by atoms with van der Waals surface area (Å²) in [6.45, 7) is 1.89. The summed E-state index contributed by atoms with van der Waals surface area (Å²) in [5.41, 5.74) is 0.147. The van der Waals surface area contributed by atoms with Crippen molar-refractivity contribution in [1.82, 2.24) is 5.32 Å². The standard InChI is InChI=1S/C20H21F3N2O4/c1-2-29-19(26)17-15(12-6-4-3-5-7-12)18(25(27)28)16(24-17)13-8-10-14(11-9-13)20(21,22)23/h3-11,15-19,24,26H,2H2,1H3/t15-,16+,17+,18+,19?/m0/s1. The highest BCUT2D eigenvalue weighted by Crippen LogP contribution is 2.42. The van der Waals surface area contributed by atoms with Crippen molar-refractivity contribution in [3.05, 3.63) is 81.4 Å². The first-order valence-corrected chi connectivity index (χ1v) is 9.15. The number of rotatable bonds is 6. The number of ether oxygens (including phenoxy) is 1. The van der Waals surface area contributed by atoms with E-state index in [-0.39, 0.29) is 6.61 Å². The summed E-state index contributed by atoms with van der Waals surface area (Å²) in [6.07, 6.45) is -5.81. The fourth-order valence-corrected chi connectivity index (χ4v) is 3.87. The molecule has 1 heterocycles. The van der Waals surface area contributed by atoms with Gasteiger partial charge in [0.15, 0.2) is 6.29 Å². The maximum atomic E-state index is 12.9. The number of hydrogen-bond donors (Lipinski definition) is 2. The van der Waals surface area contributed by atoms with Crippen LogP contribution in [0.25, 0.3) is 0 Å². The first-order chi connectivity index (χ1) is 13.7. The van der Waals surface area contributed by atoms with Gasteiger partial charge in [0.05, 0.1) is 17.5 Å². The molecule has 6 nitrogen and oxygen atoms in total. The van der Waals surface area contributed by atoms with Crippen LogP contribution in [0, 0.1) is 10.1 Å². The Labute approximate surface area is 165 Å². The second-order valence-electron chi connectivity index (χ2n) is 6.85. The molecule has 0 bridgehead atoms. The maximum Gasteiger partial charge on any atom is 0.416 e. The quantitative estimate of drug-likeness (QED) is 0.433. The molecule has 1 aliphatic rings. The predicted octanol–water partition coefficient (Wildman–Crippen LogP) is 3.50. The van der Waals surface area contributed by atoms with Crippen LogP contribution in [0.2, 0.25) is 0 Å². The number of benzene rings is 2. The van der Waals surface area contributed by atoms with Gasteiger partial charge in [-0.1, -0.05) is 42.5 Å². The van der Waals surface area contributed by atoms with Gasteiger partial charge in [0, 0.05) is 11.5 Å². The average Bonchev–Trinajstić information content (AvgIpc) is 3.09. The molecule has 9 heteroatoms. The molecule has 1 aliphatic heterocycles. The van der Waals surface area contributed by atoms with E-state index in [1.54, 1.807) is 37.3 Å². The van der Waals surface area contributed by atoms with Gasteiger partial charge in [-0.25, -0.2) is 0 Å². The molecule has 5 atom stereocenters. The van der Waals surface area contributed by atoms with E-state index in [2.05, 4.69) is 5.32 Å². The molecule has 0 aliphatic carbocycles. The molecule has 0 radical (unpaired) electrons. The molecule has 1 fully saturated rings. The lowest BCUT2D eigenvalue weighted by molar-refractivity contribution is -0.527. The summed E-state index contributed by atoms with van der Waals surface area (Å²) in [5.74, 6) is -0.736. The molecule has 2 N–H and O–H groups in total. The number of hydrogen-bond acceptors (Lipinski definition) is 5. The monoisotopic (exact) mass is 410 g/mol. The summed E-state index contributed by atoms with van der Waals surface area (Å²) in [7, 11) is 0. The Morgan fingerprint density at radius 1 is 1.14 bits per heavy atom. The smallest absolute Gasteiger partial charge is 0.367 e. The van der Waals surface area contributed by atoms with Gasteiger partial charge in [-0.05, 0) is 30.2 Å². The van der Waals surface area contributed by atoms with Crippen molar-refractivity contribution < 1.29 is 27.9 Å². The Hall–Kier alpha value is -2.49. The predicted molar refractivity (Wildman–Crippen MR) is 98.7 cm³/mol. The van der Waals surface area contributed by atoms with Crippen LogP contribution in [0.3, 0.4) is 0 Å². The van der Waals surface area contributed by atoms with Gasteiger partial charge in [-0.15, -0.1) is 0 Å². The molecule has 29 heavy (non-hydrogen) atoms. The molecule has 0 aromatic heterocycles. The molecule has 0 spiro atoms. The van der Waals surface area contributed by atoms with Crippen LogP contribution in [0.5, 0.6) is 0 Å². The number of aliphatic hydroxyl groups excluding tert-OH is 1. The average molecular weight is 410 g/mol.